The summed E-state index contributed by atoms with van der Waals surface area (Å²) in [5.74, 6) is -0.259. The fraction of sp³-hybridized carbons (Fsp3) is 0.0938. The van der Waals surface area contributed by atoms with E-state index < -0.39 is 5.92 Å². The molecular formula is C32H21Br3O5. The molecule has 0 amide bonds. The molecule has 4 aromatic carbocycles. The zero-order valence-electron chi connectivity index (χ0n) is 21.1. The Labute approximate surface area is 255 Å². The first-order valence-corrected chi connectivity index (χ1v) is 14.7. The molecule has 5 nitrogen and oxygen atoms in total. The van der Waals surface area contributed by atoms with E-state index in [4.69, 9.17) is 4.42 Å². The van der Waals surface area contributed by atoms with Crippen LogP contribution in [0.4, 0.5) is 0 Å². The number of aromatic hydroxyl groups is 1. The van der Waals surface area contributed by atoms with Gasteiger partial charge in [0.2, 0.25) is 0 Å². The molecule has 0 saturated heterocycles. The number of carbonyl (C=O) groups is 3. The number of halogens is 3. The lowest BCUT2D eigenvalue weighted by Crippen LogP contribution is -2.12. The van der Waals surface area contributed by atoms with E-state index in [0.717, 1.165) is 15.4 Å². The summed E-state index contributed by atoms with van der Waals surface area (Å²) in [6.45, 7) is 1.96. The highest BCUT2D eigenvalue weighted by atomic mass is 79.9. The molecule has 0 spiro atoms. The van der Waals surface area contributed by atoms with Gasteiger partial charge in [-0.25, -0.2) is 0 Å². The number of rotatable bonds is 4. The molecule has 40 heavy (non-hydrogen) atoms. The normalized spacial score (nSPS) is 14.2. The lowest BCUT2D eigenvalue weighted by atomic mass is 9.94. The van der Waals surface area contributed by atoms with Crippen molar-refractivity contribution in [1.82, 2.24) is 0 Å². The van der Waals surface area contributed by atoms with Crippen molar-refractivity contribution < 1.29 is 23.9 Å². The first-order chi connectivity index (χ1) is 19.2. The van der Waals surface area contributed by atoms with E-state index >= 15 is 0 Å². The van der Waals surface area contributed by atoms with Crippen LogP contribution in [0.5, 0.6) is 5.75 Å². The van der Waals surface area contributed by atoms with Gasteiger partial charge in [0.05, 0.1) is 14.5 Å². The van der Waals surface area contributed by atoms with Gasteiger partial charge in [0, 0.05) is 33.0 Å². The topological polar surface area (TPSA) is 84.6 Å². The third-order valence-corrected chi connectivity index (χ3v) is 8.37. The Bertz CT molecular complexity index is 1770. The van der Waals surface area contributed by atoms with Gasteiger partial charge in [-0.3, -0.25) is 14.4 Å². The van der Waals surface area contributed by atoms with E-state index in [1.807, 2.05) is 61.5 Å². The summed E-state index contributed by atoms with van der Waals surface area (Å²) in [6, 6.07) is 25.2. The number of ketones is 3. The van der Waals surface area contributed by atoms with Crippen LogP contribution in [0.15, 0.2) is 103 Å². The number of aryl methyl sites for hydroxylation is 1. The number of benzene rings is 4. The summed E-state index contributed by atoms with van der Waals surface area (Å²) < 4.78 is 7.53. The molecule has 0 aliphatic heterocycles. The minimum Gasteiger partial charge on any atom is -0.506 e. The van der Waals surface area contributed by atoms with Gasteiger partial charge in [-0.1, -0.05) is 71.4 Å². The molecule has 0 saturated carbocycles. The molecule has 0 bridgehead atoms. The van der Waals surface area contributed by atoms with Crippen molar-refractivity contribution in [3.05, 3.63) is 132 Å². The maximum absolute atomic E-state index is 12.9. The molecule has 1 N–H and O–H groups in total. The Balaban J connectivity index is 0.000000164. The number of Topliss-reactive ketones (excluding diaryl/α,β-unsaturated/α-hetero) is 2. The minimum atomic E-state index is -0.671. The van der Waals surface area contributed by atoms with Gasteiger partial charge in [-0.15, -0.1) is 0 Å². The first kappa shape index (κ1) is 28.2. The van der Waals surface area contributed by atoms with Crippen molar-refractivity contribution >= 4 is 76.1 Å². The van der Waals surface area contributed by atoms with Gasteiger partial charge in [0.25, 0.3) is 0 Å². The maximum atomic E-state index is 12.9. The Morgan fingerprint density at radius 3 is 2.12 bits per heavy atom. The lowest BCUT2D eigenvalue weighted by Gasteiger charge is -2.06. The molecule has 0 fully saturated rings. The predicted octanol–water partition coefficient (Wildman–Crippen LogP) is 9.07. The Hall–Kier alpha value is -3.33. The van der Waals surface area contributed by atoms with Crippen LogP contribution in [0, 0.1) is 0 Å². The van der Waals surface area contributed by atoms with Gasteiger partial charge in [0.1, 0.15) is 23.0 Å². The Morgan fingerprint density at radius 1 is 0.825 bits per heavy atom. The van der Waals surface area contributed by atoms with Crippen LogP contribution in [-0.2, 0) is 6.42 Å². The van der Waals surface area contributed by atoms with E-state index in [0.29, 0.717) is 49.0 Å². The zero-order valence-corrected chi connectivity index (χ0v) is 25.8. The van der Waals surface area contributed by atoms with E-state index in [1.54, 1.807) is 30.3 Å². The summed E-state index contributed by atoms with van der Waals surface area (Å²) in [5.41, 5.74) is 3.58. The molecule has 1 atom stereocenters. The number of furan rings is 1. The Kier molecular flexibility index (Phi) is 8.21. The van der Waals surface area contributed by atoms with E-state index in [2.05, 4.69) is 47.8 Å². The van der Waals surface area contributed by atoms with Gasteiger partial charge < -0.3 is 9.52 Å². The van der Waals surface area contributed by atoms with Crippen LogP contribution < -0.4 is 0 Å². The van der Waals surface area contributed by atoms with Crippen molar-refractivity contribution in [2.24, 2.45) is 0 Å². The number of phenolic OH excluding ortho intramolecular Hbond substituents is 1. The van der Waals surface area contributed by atoms with Crippen LogP contribution in [0.1, 0.15) is 60.8 Å². The quantitative estimate of drug-likeness (QED) is 0.148. The number of phenols is 1. The lowest BCUT2D eigenvalue weighted by molar-refractivity contribution is 0.0889. The maximum Gasteiger partial charge on any atom is 0.197 e. The molecule has 8 heteroatoms. The highest BCUT2D eigenvalue weighted by molar-refractivity contribution is 9.11. The molecule has 200 valence electrons. The smallest absolute Gasteiger partial charge is 0.197 e. The molecular weight excluding hydrogens is 704 g/mol. The monoisotopic (exact) mass is 722 g/mol. The molecule has 1 aliphatic rings. The van der Waals surface area contributed by atoms with E-state index in [-0.39, 0.29) is 23.1 Å². The van der Waals surface area contributed by atoms with Crippen LogP contribution in [-0.4, -0.2) is 22.5 Å². The second-order valence-corrected chi connectivity index (χ2v) is 11.8. The number of para-hydroxylation sites is 1. The zero-order chi connectivity index (χ0) is 28.6. The molecule has 6 rings (SSSR count). The third-order valence-electron chi connectivity index (χ3n) is 6.67. The minimum absolute atomic E-state index is 0.0734. The van der Waals surface area contributed by atoms with Gasteiger partial charge in [-0.05, 0) is 73.8 Å². The molecule has 5 aromatic rings. The Morgan fingerprint density at radius 2 is 1.45 bits per heavy atom. The number of carbonyl (C=O) groups excluding carboxylic acids is 3. The largest absolute Gasteiger partial charge is 0.506 e. The second-order valence-electron chi connectivity index (χ2n) is 9.13. The molecule has 1 heterocycles. The first-order valence-electron chi connectivity index (χ1n) is 12.4. The fourth-order valence-electron chi connectivity index (χ4n) is 4.75. The molecule has 1 aromatic heterocycles. The van der Waals surface area contributed by atoms with E-state index in [9.17, 15) is 19.5 Å². The van der Waals surface area contributed by atoms with E-state index in [1.165, 1.54) is 0 Å². The van der Waals surface area contributed by atoms with Gasteiger partial charge in [0.15, 0.2) is 17.3 Å². The fourth-order valence-corrected chi connectivity index (χ4v) is 6.30. The highest BCUT2D eigenvalue weighted by Gasteiger charge is 2.39. The van der Waals surface area contributed by atoms with Crippen molar-refractivity contribution in [1.29, 1.82) is 0 Å². The SMILES string of the molecule is CCc1oc2ccccc2c1C(=O)c1cc(Br)c(O)c(Br)c1.O=C1c2ccc(Br)cc2C(=O)C1c1ccccc1. The summed E-state index contributed by atoms with van der Waals surface area (Å²) in [7, 11) is 0. The summed E-state index contributed by atoms with van der Waals surface area (Å²) in [6.07, 6.45) is 0.635. The predicted molar refractivity (Wildman–Crippen MR) is 165 cm³/mol. The van der Waals surface area contributed by atoms with Crippen molar-refractivity contribution in [3.63, 3.8) is 0 Å². The van der Waals surface area contributed by atoms with Crippen LogP contribution in [0.25, 0.3) is 11.0 Å². The number of hydrogen-bond donors (Lipinski definition) is 1. The third kappa shape index (κ3) is 5.23. The van der Waals surface area contributed by atoms with Crippen LogP contribution in [0.2, 0.25) is 0 Å². The standard InChI is InChI=1S/C17H12Br2O3.C15H9BrO2/c1-2-13-15(10-5-3-4-6-14(10)22-13)16(20)9-7-11(18)17(21)12(19)8-9;16-10-6-7-11-12(8-10)15(18)13(14(11)17)9-4-2-1-3-5-9/h3-8,21H,2H2,1H3;1-8,13H. The van der Waals surface area contributed by atoms with Gasteiger partial charge >= 0.3 is 0 Å². The van der Waals surface area contributed by atoms with Crippen molar-refractivity contribution in [2.45, 2.75) is 19.3 Å². The molecule has 0 radical (unpaired) electrons. The molecule has 1 aliphatic carbocycles. The number of fused-ring (bicyclic) bond motifs is 2. The summed E-state index contributed by atoms with van der Waals surface area (Å²) >= 11 is 9.84. The average Bonchev–Trinajstić information content (AvgIpc) is 3.46. The van der Waals surface area contributed by atoms with Crippen LogP contribution in [0.3, 0.4) is 0 Å². The van der Waals surface area contributed by atoms with Crippen LogP contribution >= 0.6 is 47.8 Å². The second kappa shape index (κ2) is 11.6. The van der Waals surface area contributed by atoms with Gasteiger partial charge in [-0.2, -0.15) is 0 Å². The summed E-state index contributed by atoms with van der Waals surface area (Å²) in [4.78, 5) is 37.5. The highest BCUT2D eigenvalue weighted by Crippen LogP contribution is 2.37. The van der Waals surface area contributed by atoms with Crippen molar-refractivity contribution in [3.8, 4) is 5.75 Å². The number of hydrogen-bond acceptors (Lipinski definition) is 5. The average molecular weight is 725 g/mol. The summed E-state index contributed by atoms with van der Waals surface area (Å²) in [5, 5.41) is 10.6. The molecule has 1 unspecified atom stereocenters. The van der Waals surface area contributed by atoms with Crippen molar-refractivity contribution in [2.75, 3.05) is 0 Å².